The van der Waals surface area contributed by atoms with Gasteiger partial charge in [-0.15, -0.1) is 0 Å². The molecule has 5 rings (SSSR count). The third kappa shape index (κ3) is 5.45. The first kappa shape index (κ1) is 28.5. The van der Waals surface area contributed by atoms with Gasteiger partial charge >= 0.3 is 0 Å². The smallest absolute Gasteiger partial charge is 0.243 e. The summed E-state index contributed by atoms with van der Waals surface area (Å²) in [5.74, 6) is 0.882. The van der Waals surface area contributed by atoms with Gasteiger partial charge < -0.3 is 34.7 Å². The monoisotopic (exact) mass is 571 g/mol. The summed E-state index contributed by atoms with van der Waals surface area (Å²) >= 11 is 0. The molecule has 42 heavy (non-hydrogen) atoms. The molecule has 1 atom stereocenters. The zero-order valence-corrected chi connectivity index (χ0v) is 24.2. The molecular formula is C31H33N5O6. The number of carbonyl (C=O) groups is 2. The summed E-state index contributed by atoms with van der Waals surface area (Å²) in [7, 11) is 6.54. The Kier molecular flexibility index (Phi) is 8.01. The Morgan fingerprint density at radius 3 is 2.52 bits per heavy atom. The van der Waals surface area contributed by atoms with Crippen LogP contribution in [-0.4, -0.2) is 49.2 Å². The van der Waals surface area contributed by atoms with Gasteiger partial charge in [0.25, 0.3) is 0 Å². The summed E-state index contributed by atoms with van der Waals surface area (Å²) in [6, 6.07) is 11.9. The third-order valence-electron chi connectivity index (χ3n) is 7.36. The van der Waals surface area contributed by atoms with Crippen LogP contribution in [0.25, 0.3) is 22.2 Å². The molecule has 0 bridgehead atoms. The van der Waals surface area contributed by atoms with E-state index in [1.165, 1.54) is 20.1 Å². The molecule has 11 nitrogen and oxygen atoms in total. The van der Waals surface area contributed by atoms with E-state index in [4.69, 9.17) is 14.2 Å². The van der Waals surface area contributed by atoms with Crippen LogP contribution >= 0.6 is 0 Å². The second-order valence-corrected chi connectivity index (χ2v) is 10.1. The molecule has 3 aromatic carbocycles. The number of hydrogen-bond acceptors (Lipinski definition) is 8. The van der Waals surface area contributed by atoms with Crippen molar-refractivity contribution in [1.82, 2.24) is 14.9 Å². The fraction of sp³-hybridized carbons (Fsp3) is 0.290. The second-order valence-electron chi connectivity index (χ2n) is 10.1. The van der Waals surface area contributed by atoms with Crippen molar-refractivity contribution in [3.8, 4) is 28.4 Å². The summed E-state index contributed by atoms with van der Waals surface area (Å²) in [4.78, 5) is 42.7. The number of nitrogens with zero attached hydrogens (tertiary/aromatic N) is 2. The van der Waals surface area contributed by atoms with Gasteiger partial charge in [0.2, 0.25) is 23.0 Å². The van der Waals surface area contributed by atoms with Crippen LogP contribution < -0.4 is 35.6 Å². The number of carbonyl (C=O) groups excluding carboxylic acids is 2. The van der Waals surface area contributed by atoms with Gasteiger partial charge in [-0.1, -0.05) is 6.07 Å². The third-order valence-corrected chi connectivity index (χ3v) is 7.36. The average Bonchev–Trinajstić information content (AvgIpc) is 3.17. The van der Waals surface area contributed by atoms with Crippen LogP contribution in [0.2, 0.25) is 0 Å². The molecule has 1 heterocycles. The number of amides is 2. The van der Waals surface area contributed by atoms with Crippen molar-refractivity contribution in [3.63, 3.8) is 0 Å². The molecule has 1 aliphatic carbocycles. The highest BCUT2D eigenvalue weighted by molar-refractivity contribution is 5.95. The van der Waals surface area contributed by atoms with E-state index in [1.807, 2.05) is 23.7 Å². The number of rotatable bonds is 8. The Morgan fingerprint density at radius 1 is 1.02 bits per heavy atom. The zero-order chi connectivity index (χ0) is 30.0. The van der Waals surface area contributed by atoms with E-state index in [2.05, 4.69) is 20.9 Å². The van der Waals surface area contributed by atoms with Crippen LogP contribution in [0.15, 0.2) is 53.6 Å². The average molecular weight is 572 g/mol. The Bertz CT molecular complexity index is 1750. The second kappa shape index (κ2) is 11.8. The molecule has 3 N–H and O–H groups in total. The molecule has 2 amide bonds. The van der Waals surface area contributed by atoms with Crippen molar-refractivity contribution in [3.05, 3.63) is 70.1 Å². The van der Waals surface area contributed by atoms with Crippen LogP contribution in [-0.2, 0) is 23.1 Å². The van der Waals surface area contributed by atoms with Gasteiger partial charge in [0, 0.05) is 25.2 Å². The number of benzene rings is 2. The number of aryl methyl sites for hydroxylation is 2. The van der Waals surface area contributed by atoms with Gasteiger partial charge in [-0.3, -0.25) is 14.4 Å². The van der Waals surface area contributed by atoms with Crippen LogP contribution in [0.4, 0.5) is 11.4 Å². The summed E-state index contributed by atoms with van der Waals surface area (Å²) in [6.45, 7) is 1.31. The number of imidazole rings is 1. The summed E-state index contributed by atoms with van der Waals surface area (Å²) < 4.78 is 18.9. The minimum absolute atomic E-state index is 0.135. The van der Waals surface area contributed by atoms with Gasteiger partial charge in [0.15, 0.2) is 11.5 Å². The lowest BCUT2D eigenvalue weighted by Gasteiger charge is -2.19. The highest BCUT2D eigenvalue weighted by Gasteiger charge is 2.29. The molecule has 0 saturated heterocycles. The molecule has 0 aliphatic heterocycles. The molecule has 0 spiro atoms. The lowest BCUT2D eigenvalue weighted by Crippen LogP contribution is -2.27. The summed E-state index contributed by atoms with van der Waals surface area (Å²) in [5.41, 5.74) is 5.26. The number of aromatic nitrogens is 2. The van der Waals surface area contributed by atoms with Crippen molar-refractivity contribution in [2.24, 2.45) is 7.05 Å². The fourth-order valence-corrected chi connectivity index (χ4v) is 5.45. The normalized spacial score (nSPS) is 13.8. The fourth-order valence-electron chi connectivity index (χ4n) is 5.45. The van der Waals surface area contributed by atoms with Crippen LogP contribution in [0.3, 0.4) is 0 Å². The maximum atomic E-state index is 13.5. The Hall–Kier alpha value is -5.06. The predicted octanol–water partition coefficient (Wildman–Crippen LogP) is 3.80. The van der Waals surface area contributed by atoms with Gasteiger partial charge in [0.1, 0.15) is 0 Å². The molecular weight excluding hydrogens is 538 g/mol. The number of ether oxygens (including phenoxy) is 3. The van der Waals surface area contributed by atoms with Crippen molar-refractivity contribution in [2.45, 2.75) is 25.8 Å². The molecule has 0 fully saturated rings. The quantitative estimate of drug-likeness (QED) is 0.291. The van der Waals surface area contributed by atoms with Crippen LogP contribution in [0.1, 0.15) is 30.5 Å². The molecule has 0 saturated carbocycles. The van der Waals surface area contributed by atoms with Crippen molar-refractivity contribution in [1.29, 1.82) is 0 Å². The molecule has 1 aliphatic rings. The number of nitrogens with one attached hydrogen (secondary N) is 3. The number of methoxy groups -OCH3 is 3. The maximum absolute atomic E-state index is 13.5. The first-order chi connectivity index (χ1) is 20.2. The SMILES string of the molecule is COc1cc2c(c(OC)c1OC)-c1ccc(NCC(=O)Nc3ccc4c(c3)ncn4C)c(=O)cc1C(NC(C)=O)CC2. The lowest BCUT2D eigenvalue weighted by atomic mass is 9.95. The minimum atomic E-state index is -0.427. The van der Waals surface area contributed by atoms with Crippen molar-refractivity contribution in [2.75, 3.05) is 38.5 Å². The largest absolute Gasteiger partial charge is 0.493 e. The van der Waals surface area contributed by atoms with E-state index < -0.39 is 6.04 Å². The van der Waals surface area contributed by atoms with Gasteiger partial charge in [0.05, 0.1) is 57.0 Å². The number of fused-ring (bicyclic) bond motifs is 4. The highest BCUT2D eigenvalue weighted by atomic mass is 16.5. The molecule has 4 aromatic rings. The van der Waals surface area contributed by atoms with Crippen molar-refractivity contribution >= 4 is 34.2 Å². The highest BCUT2D eigenvalue weighted by Crippen LogP contribution is 2.50. The van der Waals surface area contributed by atoms with Gasteiger partial charge in [-0.05, 0) is 65.9 Å². The van der Waals surface area contributed by atoms with E-state index in [9.17, 15) is 14.4 Å². The van der Waals surface area contributed by atoms with Crippen LogP contribution in [0.5, 0.6) is 17.2 Å². The van der Waals surface area contributed by atoms with Crippen LogP contribution in [0, 0.1) is 0 Å². The van der Waals surface area contributed by atoms with Crippen molar-refractivity contribution < 1.29 is 23.8 Å². The molecule has 11 heteroatoms. The molecule has 0 radical (unpaired) electrons. The summed E-state index contributed by atoms with van der Waals surface area (Å²) in [5, 5.41) is 8.80. The number of hydrogen-bond donors (Lipinski definition) is 3. The molecule has 1 aromatic heterocycles. The van der Waals surface area contributed by atoms with Gasteiger partial charge in [-0.2, -0.15) is 0 Å². The first-order valence-corrected chi connectivity index (χ1v) is 13.5. The lowest BCUT2D eigenvalue weighted by molar-refractivity contribution is -0.119. The Labute approximate surface area is 242 Å². The standard InChI is InChI=1S/C31H33N5O6/c1-17(37)34-22-9-6-18-12-27(40-3)30(41-4)31(42-5)29(18)20-8-10-23(26(38)14-21(20)22)32-15-28(39)35-19-7-11-25-24(13-19)33-16-36(25)2/h7-8,10-14,16,22H,6,9,15H2,1-5H3,(H,32,38)(H,34,37)(H,35,39). The van der Waals surface area contributed by atoms with E-state index in [-0.39, 0.29) is 29.5 Å². The Morgan fingerprint density at radius 2 is 1.81 bits per heavy atom. The maximum Gasteiger partial charge on any atom is 0.243 e. The van der Waals surface area contributed by atoms with E-state index in [0.29, 0.717) is 46.9 Å². The topological polar surface area (TPSA) is 133 Å². The van der Waals surface area contributed by atoms with E-state index in [1.54, 1.807) is 44.8 Å². The summed E-state index contributed by atoms with van der Waals surface area (Å²) in [6.07, 6.45) is 2.86. The number of anilines is 2. The van der Waals surface area contributed by atoms with E-state index >= 15 is 0 Å². The molecule has 218 valence electrons. The molecule has 1 unspecified atom stereocenters. The van der Waals surface area contributed by atoms with E-state index in [0.717, 1.165) is 22.2 Å². The predicted molar refractivity (Wildman–Crippen MR) is 161 cm³/mol. The minimum Gasteiger partial charge on any atom is -0.493 e. The zero-order valence-electron chi connectivity index (χ0n) is 24.2. The first-order valence-electron chi connectivity index (χ1n) is 13.5. The van der Waals surface area contributed by atoms with Gasteiger partial charge in [-0.25, -0.2) is 4.98 Å². The Balaban J connectivity index is 1.50.